The van der Waals surface area contributed by atoms with Crippen molar-refractivity contribution in [2.24, 2.45) is 4.99 Å². The number of rotatable bonds is 1. The number of benzene rings is 1. The van der Waals surface area contributed by atoms with Gasteiger partial charge in [-0.15, -0.1) is 0 Å². The SMILES string of the molecule is CC1CSC(Nc2cc(Cl)cc(Cl)c2)=N1. The van der Waals surface area contributed by atoms with Gasteiger partial charge >= 0.3 is 0 Å². The first kappa shape index (κ1) is 11.1. The summed E-state index contributed by atoms with van der Waals surface area (Å²) >= 11 is 13.5. The second-order valence-electron chi connectivity index (χ2n) is 3.38. The van der Waals surface area contributed by atoms with Crippen molar-refractivity contribution in [3.05, 3.63) is 28.2 Å². The Morgan fingerprint density at radius 2 is 2.00 bits per heavy atom. The summed E-state index contributed by atoms with van der Waals surface area (Å²) in [6.07, 6.45) is 0. The summed E-state index contributed by atoms with van der Waals surface area (Å²) in [5.41, 5.74) is 0.882. The van der Waals surface area contributed by atoms with Gasteiger partial charge in [-0.1, -0.05) is 35.0 Å². The van der Waals surface area contributed by atoms with E-state index in [-0.39, 0.29) is 0 Å². The monoisotopic (exact) mass is 260 g/mol. The van der Waals surface area contributed by atoms with E-state index < -0.39 is 0 Å². The fraction of sp³-hybridized carbons (Fsp3) is 0.300. The van der Waals surface area contributed by atoms with Gasteiger partial charge in [0.1, 0.15) is 0 Å². The summed E-state index contributed by atoms with van der Waals surface area (Å²) in [4.78, 5) is 4.43. The van der Waals surface area contributed by atoms with Crippen molar-refractivity contribution in [1.82, 2.24) is 0 Å². The van der Waals surface area contributed by atoms with E-state index in [2.05, 4.69) is 17.2 Å². The second kappa shape index (κ2) is 4.64. The van der Waals surface area contributed by atoms with Crippen LogP contribution in [0, 0.1) is 0 Å². The fourth-order valence-corrected chi connectivity index (χ4v) is 2.74. The number of anilines is 1. The number of halogens is 2. The van der Waals surface area contributed by atoms with Crippen LogP contribution >= 0.6 is 35.0 Å². The summed E-state index contributed by atoms with van der Waals surface area (Å²) in [5.74, 6) is 1.02. The standard InChI is InChI=1S/C10H10Cl2N2S/c1-6-5-15-10(13-6)14-9-3-7(11)2-8(12)4-9/h2-4,6H,5H2,1H3,(H,13,14). The van der Waals surface area contributed by atoms with Gasteiger partial charge in [-0.3, -0.25) is 4.99 Å². The molecule has 0 saturated heterocycles. The van der Waals surface area contributed by atoms with Crippen molar-refractivity contribution in [2.45, 2.75) is 13.0 Å². The quantitative estimate of drug-likeness (QED) is 0.829. The summed E-state index contributed by atoms with van der Waals surface area (Å²) in [6.45, 7) is 2.09. The molecule has 5 heteroatoms. The third-order valence-electron chi connectivity index (χ3n) is 1.91. The Kier molecular flexibility index (Phi) is 3.44. The molecule has 0 amide bonds. The minimum Gasteiger partial charge on any atom is -0.335 e. The lowest BCUT2D eigenvalue weighted by Gasteiger charge is -2.05. The van der Waals surface area contributed by atoms with E-state index in [4.69, 9.17) is 23.2 Å². The van der Waals surface area contributed by atoms with Gasteiger partial charge in [0.2, 0.25) is 0 Å². The molecule has 1 unspecified atom stereocenters. The Hall–Kier alpha value is -0.380. The van der Waals surface area contributed by atoms with E-state index in [9.17, 15) is 0 Å². The van der Waals surface area contributed by atoms with Crippen molar-refractivity contribution in [3.8, 4) is 0 Å². The number of nitrogens with one attached hydrogen (secondary N) is 1. The van der Waals surface area contributed by atoms with Crippen LogP contribution in [0.5, 0.6) is 0 Å². The number of nitrogens with zero attached hydrogens (tertiary/aromatic N) is 1. The molecule has 0 spiro atoms. The minimum atomic E-state index is 0.382. The number of hydrogen-bond donors (Lipinski definition) is 1. The van der Waals surface area contributed by atoms with E-state index in [0.29, 0.717) is 16.1 Å². The summed E-state index contributed by atoms with van der Waals surface area (Å²) < 4.78 is 0. The van der Waals surface area contributed by atoms with Gasteiger partial charge in [0.05, 0.1) is 6.04 Å². The molecule has 0 bridgehead atoms. The molecule has 1 aromatic rings. The highest BCUT2D eigenvalue weighted by Crippen LogP contribution is 2.25. The van der Waals surface area contributed by atoms with E-state index in [1.807, 2.05) is 12.1 Å². The van der Waals surface area contributed by atoms with Gasteiger partial charge in [0.15, 0.2) is 5.17 Å². The molecular weight excluding hydrogens is 251 g/mol. The van der Waals surface area contributed by atoms with Crippen LogP contribution in [-0.2, 0) is 0 Å². The molecule has 0 fully saturated rings. The molecular formula is C10H10Cl2N2S. The first-order valence-corrected chi connectivity index (χ1v) is 6.31. The summed E-state index contributed by atoms with van der Waals surface area (Å²) in [5, 5.41) is 5.38. The van der Waals surface area contributed by atoms with Crippen LogP contribution in [-0.4, -0.2) is 17.0 Å². The molecule has 1 aliphatic heterocycles. The van der Waals surface area contributed by atoms with Crippen LogP contribution in [0.1, 0.15) is 6.92 Å². The van der Waals surface area contributed by atoms with Gasteiger partial charge < -0.3 is 5.32 Å². The lowest BCUT2D eigenvalue weighted by molar-refractivity contribution is 0.865. The Morgan fingerprint density at radius 3 is 2.53 bits per heavy atom. The molecule has 15 heavy (non-hydrogen) atoms. The van der Waals surface area contributed by atoms with Gasteiger partial charge in [-0.25, -0.2) is 0 Å². The number of hydrogen-bond acceptors (Lipinski definition) is 3. The molecule has 2 nitrogen and oxygen atoms in total. The smallest absolute Gasteiger partial charge is 0.161 e. The van der Waals surface area contributed by atoms with Crippen LogP contribution in [0.25, 0.3) is 0 Å². The highest BCUT2D eigenvalue weighted by molar-refractivity contribution is 8.14. The summed E-state index contributed by atoms with van der Waals surface area (Å²) in [6, 6.07) is 5.76. The predicted octanol–water partition coefficient (Wildman–Crippen LogP) is 3.90. The molecule has 1 heterocycles. The fourth-order valence-electron chi connectivity index (χ4n) is 1.29. The zero-order valence-corrected chi connectivity index (χ0v) is 10.5. The average molecular weight is 261 g/mol. The summed E-state index contributed by atoms with van der Waals surface area (Å²) in [7, 11) is 0. The minimum absolute atomic E-state index is 0.382. The predicted molar refractivity (Wildman–Crippen MR) is 69.4 cm³/mol. The van der Waals surface area contributed by atoms with E-state index >= 15 is 0 Å². The maximum absolute atomic E-state index is 5.89. The molecule has 1 aliphatic rings. The molecule has 80 valence electrons. The lowest BCUT2D eigenvalue weighted by Crippen LogP contribution is -2.04. The van der Waals surface area contributed by atoms with E-state index in [1.54, 1.807) is 17.8 Å². The molecule has 0 radical (unpaired) electrons. The molecule has 1 aromatic carbocycles. The normalized spacial score (nSPS) is 20.2. The van der Waals surface area contributed by atoms with E-state index in [1.165, 1.54) is 0 Å². The molecule has 0 saturated carbocycles. The van der Waals surface area contributed by atoms with Crippen molar-refractivity contribution in [1.29, 1.82) is 0 Å². The van der Waals surface area contributed by atoms with Crippen LogP contribution in [0.4, 0.5) is 5.69 Å². The lowest BCUT2D eigenvalue weighted by atomic mass is 10.3. The van der Waals surface area contributed by atoms with Crippen molar-refractivity contribution < 1.29 is 0 Å². The third-order valence-corrected chi connectivity index (χ3v) is 3.48. The Balaban J connectivity index is 2.14. The van der Waals surface area contributed by atoms with Crippen molar-refractivity contribution >= 4 is 45.8 Å². The van der Waals surface area contributed by atoms with Crippen LogP contribution < -0.4 is 5.32 Å². The molecule has 1 N–H and O–H groups in total. The van der Waals surface area contributed by atoms with Gasteiger partial charge in [0.25, 0.3) is 0 Å². The highest BCUT2D eigenvalue weighted by Gasteiger charge is 2.13. The maximum Gasteiger partial charge on any atom is 0.161 e. The molecule has 1 atom stereocenters. The van der Waals surface area contributed by atoms with Crippen molar-refractivity contribution in [3.63, 3.8) is 0 Å². The zero-order valence-electron chi connectivity index (χ0n) is 8.13. The van der Waals surface area contributed by atoms with Gasteiger partial charge in [0, 0.05) is 21.5 Å². The topological polar surface area (TPSA) is 24.4 Å². The Bertz CT molecular complexity index is 386. The molecule has 0 aliphatic carbocycles. The van der Waals surface area contributed by atoms with Gasteiger partial charge in [-0.2, -0.15) is 0 Å². The number of aliphatic imine (C=N–C) groups is 1. The molecule has 0 aromatic heterocycles. The second-order valence-corrected chi connectivity index (χ2v) is 5.26. The zero-order chi connectivity index (χ0) is 10.8. The Morgan fingerprint density at radius 1 is 1.33 bits per heavy atom. The maximum atomic E-state index is 5.89. The van der Waals surface area contributed by atoms with Gasteiger partial charge in [-0.05, 0) is 25.1 Å². The number of amidine groups is 1. The first-order valence-electron chi connectivity index (χ1n) is 4.57. The van der Waals surface area contributed by atoms with Crippen LogP contribution in [0.15, 0.2) is 23.2 Å². The average Bonchev–Trinajstić information content (AvgIpc) is 2.49. The highest BCUT2D eigenvalue weighted by atomic mass is 35.5. The largest absolute Gasteiger partial charge is 0.335 e. The van der Waals surface area contributed by atoms with Crippen molar-refractivity contribution in [2.75, 3.05) is 11.1 Å². The van der Waals surface area contributed by atoms with Crippen LogP contribution in [0.2, 0.25) is 10.0 Å². The Labute approximate surface area is 103 Å². The number of thioether (sulfide) groups is 1. The van der Waals surface area contributed by atoms with E-state index in [0.717, 1.165) is 16.6 Å². The molecule has 2 rings (SSSR count). The first-order chi connectivity index (χ1) is 7.13. The third kappa shape index (κ3) is 3.03. The van der Waals surface area contributed by atoms with Crippen LogP contribution in [0.3, 0.4) is 0 Å².